The van der Waals surface area contributed by atoms with Gasteiger partial charge >= 0.3 is 0 Å². The number of nitrogens with zero attached hydrogens (tertiary/aromatic N) is 1. The number of halogens is 1. The molecule has 3 heteroatoms. The van der Waals surface area contributed by atoms with Gasteiger partial charge in [-0.2, -0.15) is 0 Å². The van der Waals surface area contributed by atoms with Crippen molar-refractivity contribution in [3.05, 3.63) is 57.4 Å². The maximum absolute atomic E-state index is 13.7. The molecule has 0 saturated carbocycles. The topological polar surface area (TPSA) is 12.4 Å². The Morgan fingerprint density at radius 1 is 1.32 bits per heavy atom. The van der Waals surface area contributed by atoms with Crippen molar-refractivity contribution in [1.29, 1.82) is 0 Å². The Balaban J connectivity index is 1.87. The molecule has 2 heterocycles. The van der Waals surface area contributed by atoms with Crippen LogP contribution in [0, 0.1) is 18.2 Å². The minimum Gasteiger partial charge on any atom is -0.257 e. The summed E-state index contributed by atoms with van der Waals surface area (Å²) in [5.41, 5.74) is 5.22. The van der Waals surface area contributed by atoms with E-state index in [0.717, 1.165) is 30.6 Å². The summed E-state index contributed by atoms with van der Waals surface area (Å²) in [5.74, 6) is 3.43. The Bertz CT molecular complexity index is 779. The number of allylic oxidation sites excluding steroid dienone is 4. The zero-order chi connectivity index (χ0) is 15.1. The maximum atomic E-state index is 13.7. The lowest BCUT2D eigenvalue weighted by atomic mass is 9.80. The number of thioether (sulfide) groups is 1. The summed E-state index contributed by atoms with van der Waals surface area (Å²) in [7, 11) is 0. The molecule has 0 aromatic heterocycles. The van der Waals surface area contributed by atoms with Crippen molar-refractivity contribution in [1.82, 2.24) is 0 Å². The molecule has 1 atom stereocenters. The standard InChI is InChI=1S/C19H16FNS/c1-2-12-11-13(7-8-15(12)20)18-14-5-3-4-6-16(14)21-17-9-10-22-19(17)18/h1,5,7-8,11,18H,3-4,6,9-10H2. The van der Waals surface area contributed by atoms with Crippen LogP contribution in [-0.4, -0.2) is 11.5 Å². The van der Waals surface area contributed by atoms with Crippen LogP contribution < -0.4 is 0 Å². The number of terminal acetylenes is 1. The molecule has 0 saturated heterocycles. The lowest BCUT2D eigenvalue weighted by Gasteiger charge is -2.30. The van der Waals surface area contributed by atoms with Gasteiger partial charge in [0.25, 0.3) is 0 Å². The van der Waals surface area contributed by atoms with Crippen LogP contribution in [0.2, 0.25) is 0 Å². The number of fused-ring (bicyclic) bond motifs is 1. The van der Waals surface area contributed by atoms with Gasteiger partial charge in [-0.05, 0) is 49.0 Å². The van der Waals surface area contributed by atoms with Crippen molar-refractivity contribution < 1.29 is 4.39 Å². The molecular weight excluding hydrogens is 293 g/mol. The van der Waals surface area contributed by atoms with Crippen LogP contribution in [0.15, 0.2) is 45.4 Å². The van der Waals surface area contributed by atoms with E-state index in [0.29, 0.717) is 5.56 Å². The number of aliphatic imine (C=N–C) groups is 1. The molecule has 22 heavy (non-hydrogen) atoms. The minimum atomic E-state index is -0.318. The van der Waals surface area contributed by atoms with Gasteiger partial charge in [0, 0.05) is 22.3 Å². The van der Waals surface area contributed by atoms with Crippen LogP contribution in [0.25, 0.3) is 0 Å². The third kappa shape index (κ3) is 2.14. The predicted octanol–water partition coefficient (Wildman–Crippen LogP) is 4.80. The predicted molar refractivity (Wildman–Crippen MR) is 90.5 cm³/mol. The van der Waals surface area contributed by atoms with E-state index in [2.05, 4.69) is 12.0 Å². The van der Waals surface area contributed by atoms with E-state index in [4.69, 9.17) is 11.4 Å². The largest absolute Gasteiger partial charge is 0.257 e. The molecule has 3 aliphatic rings. The second kappa shape index (κ2) is 5.44. The highest BCUT2D eigenvalue weighted by molar-refractivity contribution is 8.03. The first-order valence-corrected chi connectivity index (χ1v) is 8.66. The van der Waals surface area contributed by atoms with E-state index in [1.54, 1.807) is 0 Å². The lowest BCUT2D eigenvalue weighted by Crippen LogP contribution is -2.20. The third-order valence-electron chi connectivity index (χ3n) is 4.52. The summed E-state index contributed by atoms with van der Waals surface area (Å²) in [6, 6.07) is 5.21. The van der Waals surface area contributed by atoms with Crippen molar-refractivity contribution in [3.8, 4) is 12.3 Å². The highest BCUT2D eigenvalue weighted by atomic mass is 32.2. The van der Waals surface area contributed by atoms with E-state index in [9.17, 15) is 4.39 Å². The van der Waals surface area contributed by atoms with Gasteiger partial charge in [0.05, 0.1) is 11.3 Å². The van der Waals surface area contributed by atoms with Crippen molar-refractivity contribution in [2.45, 2.75) is 31.6 Å². The van der Waals surface area contributed by atoms with Crippen molar-refractivity contribution in [2.75, 3.05) is 5.75 Å². The molecule has 0 fully saturated rings. The van der Waals surface area contributed by atoms with Crippen LogP contribution in [0.4, 0.5) is 4.39 Å². The summed E-state index contributed by atoms with van der Waals surface area (Å²) in [6.07, 6.45) is 12.1. The quantitative estimate of drug-likeness (QED) is 0.679. The van der Waals surface area contributed by atoms with E-state index < -0.39 is 0 Å². The third-order valence-corrected chi connectivity index (χ3v) is 5.71. The van der Waals surface area contributed by atoms with Gasteiger partial charge in [-0.3, -0.25) is 4.99 Å². The molecule has 0 spiro atoms. The summed E-state index contributed by atoms with van der Waals surface area (Å²) in [4.78, 5) is 6.23. The Morgan fingerprint density at radius 3 is 3.09 bits per heavy atom. The molecule has 1 aliphatic carbocycles. The molecule has 1 aromatic rings. The normalized spacial score (nSPS) is 23.4. The monoisotopic (exact) mass is 309 g/mol. The number of hydrogen-bond acceptors (Lipinski definition) is 2. The highest BCUT2D eigenvalue weighted by Crippen LogP contribution is 2.50. The van der Waals surface area contributed by atoms with Crippen LogP contribution in [0.3, 0.4) is 0 Å². The fourth-order valence-corrected chi connectivity index (χ4v) is 4.75. The van der Waals surface area contributed by atoms with Gasteiger partial charge < -0.3 is 0 Å². The molecule has 2 aliphatic heterocycles. The van der Waals surface area contributed by atoms with Gasteiger partial charge in [-0.15, -0.1) is 18.2 Å². The van der Waals surface area contributed by atoms with E-state index in [1.165, 1.54) is 34.4 Å². The molecule has 110 valence electrons. The molecule has 0 N–H and O–H groups in total. The zero-order valence-corrected chi connectivity index (χ0v) is 13.0. The summed E-state index contributed by atoms with van der Waals surface area (Å²) < 4.78 is 13.7. The van der Waals surface area contributed by atoms with Crippen LogP contribution in [0.5, 0.6) is 0 Å². The van der Waals surface area contributed by atoms with E-state index >= 15 is 0 Å². The van der Waals surface area contributed by atoms with E-state index in [-0.39, 0.29) is 11.7 Å². The average Bonchev–Trinajstić information content (AvgIpc) is 3.01. The maximum Gasteiger partial charge on any atom is 0.138 e. The van der Waals surface area contributed by atoms with Crippen LogP contribution in [-0.2, 0) is 0 Å². The van der Waals surface area contributed by atoms with Crippen molar-refractivity contribution >= 4 is 17.5 Å². The first kappa shape index (κ1) is 13.8. The smallest absolute Gasteiger partial charge is 0.138 e. The summed E-state index contributed by atoms with van der Waals surface area (Å²) >= 11 is 1.89. The summed E-state index contributed by atoms with van der Waals surface area (Å²) in [6.45, 7) is 0. The number of benzene rings is 1. The Kier molecular flexibility index (Phi) is 3.43. The van der Waals surface area contributed by atoms with Gasteiger partial charge in [0.15, 0.2) is 0 Å². The molecule has 1 nitrogen and oxygen atoms in total. The molecule has 1 unspecified atom stereocenters. The second-order valence-corrected chi connectivity index (χ2v) is 6.97. The van der Waals surface area contributed by atoms with Gasteiger partial charge in [-0.1, -0.05) is 18.1 Å². The first-order valence-electron chi connectivity index (χ1n) is 7.68. The van der Waals surface area contributed by atoms with Crippen molar-refractivity contribution in [3.63, 3.8) is 0 Å². The Hall–Kier alpha value is -1.79. The van der Waals surface area contributed by atoms with Crippen molar-refractivity contribution in [2.24, 2.45) is 4.99 Å². The minimum absolute atomic E-state index is 0.197. The Labute approximate surface area is 134 Å². The molecule has 0 amide bonds. The summed E-state index contributed by atoms with van der Waals surface area (Å²) in [5, 5.41) is 0. The number of hydrogen-bond donors (Lipinski definition) is 0. The van der Waals surface area contributed by atoms with Gasteiger partial charge in [0.2, 0.25) is 0 Å². The molecule has 1 aromatic carbocycles. The average molecular weight is 309 g/mol. The zero-order valence-electron chi connectivity index (χ0n) is 12.2. The molecular formula is C19H16FNS. The Morgan fingerprint density at radius 2 is 2.23 bits per heavy atom. The van der Waals surface area contributed by atoms with E-state index in [1.807, 2.05) is 23.9 Å². The lowest BCUT2D eigenvalue weighted by molar-refractivity contribution is 0.623. The second-order valence-electron chi connectivity index (χ2n) is 5.84. The first-order chi connectivity index (χ1) is 10.8. The van der Waals surface area contributed by atoms with Gasteiger partial charge in [-0.25, -0.2) is 4.39 Å². The highest BCUT2D eigenvalue weighted by Gasteiger charge is 2.34. The molecule has 0 bridgehead atoms. The van der Waals surface area contributed by atoms with Gasteiger partial charge in [0.1, 0.15) is 5.82 Å². The van der Waals surface area contributed by atoms with Crippen LogP contribution in [0.1, 0.15) is 42.7 Å². The van der Waals surface area contributed by atoms with Crippen LogP contribution >= 0.6 is 11.8 Å². The fourth-order valence-electron chi connectivity index (χ4n) is 3.49. The fraction of sp³-hybridized carbons (Fsp3) is 0.316. The molecule has 0 radical (unpaired) electrons. The molecule has 4 rings (SSSR count). The number of rotatable bonds is 1. The SMILES string of the molecule is C#Cc1cc(C2C3=CCCCC3=NC3=C2SCC3)ccc1F.